The van der Waals surface area contributed by atoms with Gasteiger partial charge in [0.15, 0.2) is 9.84 Å². The van der Waals surface area contributed by atoms with Crippen molar-refractivity contribution in [1.29, 1.82) is 0 Å². The van der Waals surface area contributed by atoms with Crippen LogP contribution in [0.5, 0.6) is 5.75 Å². The Hall–Kier alpha value is -1.56. The molecular weight excluding hydrogens is 340 g/mol. The number of carboxylic acids is 1. The van der Waals surface area contributed by atoms with E-state index in [0.29, 0.717) is 6.42 Å². The number of carboxylic acid groups (broad SMARTS) is 1. The van der Waals surface area contributed by atoms with E-state index in [1.807, 2.05) is 0 Å². The van der Waals surface area contributed by atoms with Gasteiger partial charge in [0, 0.05) is 0 Å². The molecule has 25 heavy (non-hydrogen) atoms. The number of hydrogen-bond donors (Lipinski definition) is 2. The maximum atomic E-state index is 12.3. The van der Waals surface area contributed by atoms with Crippen LogP contribution in [0, 0.1) is 0 Å². The second-order valence-electron chi connectivity index (χ2n) is 6.48. The lowest BCUT2D eigenvalue weighted by Crippen LogP contribution is -2.08. The first-order valence-corrected chi connectivity index (χ1v) is 10.8. The second-order valence-corrected chi connectivity index (χ2v) is 8.59. The minimum Gasteiger partial charge on any atom is -0.507 e. The number of aromatic hydroxyl groups is 1. The Bertz CT molecular complexity index is 637. The Morgan fingerprint density at radius 3 is 1.96 bits per heavy atom. The predicted octanol–water partition coefficient (Wildman–Crippen LogP) is 4.79. The van der Waals surface area contributed by atoms with Gasteiger partial charge < -0.3 is 10.2 Å². The molecule has 1 rings (SSSR count). The molecule has 0 spiro atoms. The largest absolute Gasteiger partial charge is 0.507 e. The molecule has 0 amide bonds. The molecule has 1 aromatic carbocycles. The first-order chi connectivity index (χ1) is 11.9. The number of carbonyl (C=O) groups is 1. The van der Waals surface area contributed by atoms with Gasteiger partial charge in [-0.05, 0) is 24.6 Å². The van der Waals surface area contributed by atoms with E-state index >= 15 is 0 Å². The highest BCUT2D eigenvalue weighted by Gasteiger charge is 2.18. The zero-order chi connectivity index (χ0) is 18.7. The van der Waals surface area contributed by atoms with Gasteiger partial charge in [-0.15, -0.1) is 0 Å². The fraction of sp³-hybridized carbons (Fsp3) is 0.632. The monoisotopic (exact) mass is 370 g/mol. The molecule has 6 heteroatoms. The van der Waals surface area contributed by atoms with E-state index in [1.54, 1.807) is 0 Å². The summed E-state index contributed by atoms with van der Waals surface area (Å²) in [5, 5.41) is 18.4. The summed E-state index contributed by atoms with van der Waals surface area (Å²) in [6, 6.07) is 3.41. The molecule has 0 aromatic heterocycles. The third kappa shape index (κ3) is 7.90. The van der Waals surface area contributed by atoms with Gasteiger partial charge >= 0.3 is 5.97 Å². The number of unbranched alkanes of at least 4 members (excludes halogenated alkanes) is 9. The zero-order valence-electron chi connectivity index (χ0n) is 15.0. The van der Waals surface area contributed by atoms with Crippen molar-refractivity contribution in [3.05, 3.63) is 23.8 Å². The Morgan fingerprint density at radius 1 is 0.920 bits per heavy atom. The Morgan fingerprint density at radius 2 is 1.44 bits per heavy atom. The van der Waals surface area contributed by atoms with E-state index in [-0.39, 0.29) is 16.2 Å². The van der Waals surface area contributed by atoms with E-state index in [0.717, 1.165) is 31.4 Å². The standard InChI is InChI=1S/C19H30O5S/c1-2-3-4-5-6-7-8-9-10-11-14-25(23,24)16-12-13-18(20)17(15-16)19(21)22/h12-13,15,20H,2-11,14H2,1H3,(H,21,22). The quantitative estimate of drug-likeness (QED) is 0.487. The fourth-order valence-corrected chi connectivity index (χ4v) is 4.17. The number of rotatable bonds is 13. The number of aromatic carboxylic acids is 1. The molecule has 0 fully saturated rings. The van der Waals surface area contributed by atoms with Gasteiger partial charge in [0.25, 0.3) is 0 Å². The summed E-state index contributed by atoms with van der Waals surface area (Å²) in [4.78, 5) is 10.9. The van der Waals surface area contributed by atoms with Crippen LogP contribution in [0.25, 0.3) is 0 Å². The molecule has 0 radical (unpaired) electrons. The molecule has 2 N–H and O–H groups in total. The van der Waals surface area contributed by atoms with Gasteiger partial charge in [0.2, 0.25) is 0 Å². The third-order valence-corrected chi connectivity index (χ3v) is 6.12. The third-order valence-electron chi connectivity index (χ3n) is 4.32. The van der Waals surface area contributed by atoms with Crippen LogP contribution in [-0.4, -0.2) is 30.4 Å². The number of sulfone groups is 1. The summed E-state index contributed by atoms with van der Waals surface area (Å²) in [7, 11) is -3.52. The highest BCUT2D eigenvalue weighted by Crippen LogP contribution is 2.23. The molecule has 0 heterocycles. The average molecular weight is 371 g/mol. The molecule has 0 atom stereocenters. The van der Waals surface area contributed by atoms with Crippen LogP contribution in [0.2, 0.25) is 0 Å². The van der Waals surface area contributed by atoms with Crippen LogP contribution < -0.4 is 0 Å². The van der Waals surface area contributed by atoms with E-state index in [4.69, 9.17) is 5.11 Å². The van der Waals surface area contributed by atoms with Gasteiger partial charge in [0.1, 0.15) is 11.3 Å². The fourth-order valence-electron chi connectivity index (χ4n) is 2.78. The SMILES string of the molecule is CCCCCCCCCCCCS(=O)(=O)c1ccc(O)c(C(=O)O)c1. The summed E-state index contributed by atoms with van der Waals surface area (Å²) in [6.45, 7) is 2.20. The minimum absolute atomic E-state index is 0.00728. The smallest absolute Gasteiger partial charge is 0.339 e. The van der Waals surface area contributed by atoms with Crippen molar-refractivity contribution in [1.82, 2.24) is 0 Å². The lowest BCUT2D eigenvalue weighted by atomic mass is 10.1. The molecule has 0 unspecified atom stereocenters. The number of hydrogen-bond acceptors (Lipinski definition) is 4. The van der Waals surface area contributed by atoms with Crippen molar-refractivity contribution >= 4 is 15.8 Å². The maximum Gasteiger partial charge on any atom is 0.339 e. The lowest BCUT2D eigenvalue weighted by Gasteiger charge is -2.07. The molecule has 0 aliphatic heterocycles. The summed E-state index contributed by atoms with van der Waals surface area (Å²) in [5.41, 5.74) is -0.385. The number of phenols is 1. The predicted molar refractivity (Wildman–Crippen MR) is 99.0 cm³/mol. The summed E-state index contributed by atoms with van der Waals surface area (Å²) in [5.74, 6) is -1.76. The van der Waals surface area contributed by atoms with E-state index in [9.17, 15) is 18.3 Å². The zero-order valence-corrected chi connectivity index (χ0v) is 15.9. The lowest BCUT2D eigenvalue weighted by molar-refractivity contribution is 0.0693. The Kier molecular flexibility index (Phi) is 9.57. The average Bonchev–Trinajstić information content (AvgIpc) is 2.56. The first-order valence-electron chi connectivity index (χ1n) is 9.17. The van der Waals surface area contributed by atoms with Gasteiger partial charge in [-0.25, -0.2) is 13.2 Å². The topological polar surface area (TPSA) is 91.7 Å². The van der Waals surface area contributed by atoms with Crippen LogP contribution >= 0.6 is 0 Å². The van der Waals surface area contributed by atoms with Crippen LogP contribution in [0.4, 0.5) is 0 Å². The number of benzene rings is 1. The van der Waals surface area contributed by atoms with Crippen molar-refractivity contribution in [3.8, 4) is 5.75 Å². The molecule has 0 aliphatic rings. The van der Waals surface area contributed by atoms with E-state index < -0.39 is 21.6 Å². The molecule has 1 aromatic rings. The summed E-state index contributed by atoms with van der Waals surface area (Å²) in [6.07, 6.45) is 11.2. The van der Waals surface area contributed by atoms with E-state index in [2.05, 4.69) is 6.92 Å². The van der Waals surface area contributed by atoms with Gasteiger partial charge in [-0.2, -0.15) is 0 Å². The maximum absolute atomic E-state index is 12.3. The minimum atomic E-state index is -3.52. The second kappa shape index (κ2) is 11.1. The Labute approximate surface area is 151 Å². The normalized spacial score (nSPS) is 11.6. The van der Waals surface area contributed by atoms with E-state index in [1.165, 1.54) is 44.6 Å². The van der Waals surface area contributed by atoms with Crippen molar-refractivity contribution < 1.29 is 23.4 Å². The van der Waals surface area contributed by atoms with Gasteiger partial charge in [-0.1, -0.05) is 64.7 Å². The molecule has 142 valence electrons. The molecule has 0 saturated carbocycles. The highest BCUT2D eigenvalue weighted by atomic mass is 32.2. The highest BCUT2D eigenvalue weighted by molar-refractivity contribution is 7.91. The Balaban J connectivity index is 2.32. The molecular formula is C19H30O5S. The molecule has 0 saturated heterocycles. The van der Waals surface area contributed by atoms with Crippen molar-refractivity contribution in [2.75, 3.05) is 5.75 Å². The summed E-state index contributed by atoms with van der Waals surface area (Å²) >= 11 is 0. The van der Waals surface area contributed by atoms with Gasteiger partial charge in [-0.3, -0.25) is 0 Å². The van der Waals surface area contributed by atoms with Crippen LogP contribution in [0.3, 0.4) is 0 Å². The molecule has 5 nitrogen and oxygen atoms in total. The first kappa shape index (κ1) is 21.5. The summed E-state index contributed by atoms with van der Waals surface area (Å²) < 4.78 is 24.6. The van der Waals surface area contributed by atoms with Crippen molar-refractivity contribution in [3.63, 3.8) is 0 Å². The van der Waals surface area contributed by atoms with Crippen LogP contribution in [0.1, 0.15) is 81.5 Å². The van der Waals surface area contributed by atoms with Crippen LogP contribution in [-0.2, 0) is 9.84 Å². The van der Waals surface area contributed by atoms with Crippen molar-refractivity contribution in [2.24, 2.45) is 0 Å². The van der Waals surface area contributed by atoms with Crippen molar-refractivity contribution in [2.45, 2.75) is 76.0 Å². The van der Waals surface area contributed by atoms with Crippen LogP contribution in [0.15, 0.2) is 23.1 Å². The van der Waals surface area contributed by atoms with Gasteiger partial charge in [0.05, 0.1) is 10.6 Å². The molecule has 0 bridgehead atoms. The molecule has 0 aliphatic carbocycles.